The van der Waals surface area contributed by atoms with Gasteiger partial charge in [0.1, 0.15) is 11.2 Å². The molecule has 0 aromatic heterocycles. The number of carboxylic acids is 1. The van der Waals surface area contributed by atoms with Gasteiger partial charge in [-0.2, -0.15) is 5.26 Å². The highest BCUT2D eigenvalue weighted by atomic mass is 32.2. The van der Waals surface area contributed by atoms with Crippen LogP contribution in [-0.4, -0.2) is 29.9 Å². The maximum absolute atomic E-state index is 11.1. The summed E-state index contributed by atoms with van der Waals surface area (Å²) in [5.74, 6) is 0.0529. The highest BCUT2D eigenvalue weighted by Gasteiger charge is 2.60. The molecule has 1 unspecified atom stereocenters. The van der Waals surface area contributed by atoms with E-state index in [0.717, 1.165) is 17.7 Å². The van der Waals surface area contributed by atoms with Gasteiger partial charge >= 0.3 is 11.9 Å². The molecule has 3 atom stereocenters. The van der Waals surface area contributed by atoms with Crippen LogP contribution in [0.4, 0.5) is 0 Å². The standard InChI is InChI=1S/C14H22O2.C3H3NO2S/c1-13(2)10-7-8-14(13,3)11(9-10)5-6-12(15)16-4;4-2-7-1-3(5)6/h5-6,10-11H,7-9H2,1-4H3;1H2,(H,5,6)/t10-,11?,14-;/m1./s1. The number of hydrogen-bond donors (Lipinski definition) is 1. The number of nitrogens with zero attached hydrogens (tertiary/aromatic N) is 1. The largest absolute Gasteiger partial charge is 0.481 e. The van der Waals surface area contributed by atoms with Crippen molar-refractivity contribution in [2.75, 3.05) is 12.9 Å². The molecular formula is C17H25NO4S. The van der Waals surface area contributed by atoms with Crippen LogP contribution in [0.3, 0.4) is 0 Å². The molecule has 2 aliphatic rings. The summed E-state index contributed by atoms with van der Waals surface area (Å²) in [6.45, 7) is 7.15. The van der Waals surface area contributed by atoms with Gasteiger partial charge in [0.2, 0.25) is 0 Å². The van der Waals surface area contributed by atoms with E-state index < -0.39 is 5.97 Å². The molecule has 2 rings (SSSR count). The summed E-state index contributed by atoms with van der Waals surface area (Å²) in [5.41, 5.74) is 0.778. The highest BCUT2D eigenvalue weighted by molar-refractivity contribution is 8.04. The van der Waals surface area contributed by atoms with Crippen LogP contribution in [0, 0.1) is 33.3 Å². The van der Waals surface area contributed by atoms with Crippen molar-refractivity contribution in [3.05, 3.63) is 12.2 Å². The third-order valence-electron chi connectivity index (χ3n) is 5.79. The van der Waals surface area contributed by atoms with Crippen molar-refractivity contribution in [3.8, 4) is 5.40 Å². The van der Waals surface area contributed by atoms with E-state index in [1.54, 1.807) is 11.5 Å². The molecule has 0 amide bonds. The van der Waals surface area contributed by atoms with Crippen LogP contribution in [-0.2, 0) is 14.3 Å². The van der Waals surface area contributed by atoms with E-state index in [0.29, 0.717) is 16.7 Å². The average molecular weight is 339 g/mol. The summed E-state index contributed by atoms with van der Waals surface area (Å²) in [4.78, 5) is 20.7. The highest BCUT2D eigenvalue weighted by Crippen LogP contribution is 2.68. The lowest BCUT2D eigenvalue weighted by Crippen LogP contribution is -2.31. The van der Waals surface area contributed by atoms with Crippen molar-refractivity contribution in [2.45, 2.75) is 40.0 Å². The van der Waals surface area contributed by atoms with E-state index in [4.69, 9.17) is 10.4 Å². The number of thioether (sulfide) groups is 1. The monoisotopic (exact) mass is 339 g/mol. The molecule has 0 aromatic rings. The molecule has 0 aromatic carbocycles. The summed E-state index contributed by atoms with van der Waals surface area (Å²) in [6, 6.07) is 0. The van der Waals surface area contributed by atoms with Gasteiger partial charge in [-0.05, 0) is 53.7 Å². The number of esters is 1. The van der Waals surface area contributed by atoms with Crippen LogP contribution in [0.1, 0.15) is 40.0 Å². The van der Waals surface area contributed by atoms with Gasteiger partial charge in [-0.15, -0.1) is 0 Å². The van der Waals surface area contributed by atoms with E-state index in [1.165, 1.54) is 26.4 Å². The van der Waals surface area contributed by atoms with Crippen molar-refractivity contribution in [1.82, 2.24) is 0 Å². The van der Waals surface area contributed by atoms with Crippen molar-refractivity contribution in [1.29, 1.82) is 5.26 Å². The van der Waals surface area contributed by atoms with Crippen molar-refractivity contribution >= 4 is 23.7 Å². The van der Waals surface area contributed by atoms with Gasteiger partial charge in [-0.25, -0.2) is 4.79 Å². The molecule has 2 bridgehead atoms. The first-order valence-electron chi connectivity index (χ1n) is 7.68. The van der Waals surface area contributed by atoms with Gasteiger partial charge < -0.3 is 9.84 Å². The Balaban J connectivity index is 0.000000322. The number of methoxy groups -OCH3 is 1. The molecule has 5 nitrogen and oxygen atoms in total. The van der Waals surface area contributed by atoms with E-state index in [9.17, 15) is 9.59 Å². The smallest absolute Gasteiger partial charge is 0.330 e. The number of carboxylic acid groups (broad SMARTS) is 1. The lowest BCUT2D eigenvalue weighted by Gasteiger charge is -2.38. The van der Waals surface area contributed by atoms with E-state index in [1.807, 2.05) is 0 Å². The number of thiocyanates is 1. The zero-order chi connectivity index (χ0) is 17.7. The molecule has 2 aliphatic carbocycles. The fourth-order valence-corrected chi connectivity index (χ4v) is 4.10. The van der Waals surface area contributed by atoms with Crippen LogP contribution in [0.2, 0.25) is 0 Å². The number of allylic oxidation sites excluding steroid dienone is 1. The first-order valence-corrected chi connectivity index (χ1v) is 8.66. The molecule has 0 radical (unpaired) electrons. The van der Waals surface area contributed by atoms with E-state index in [2.05, 4.69) is 31.6 Å². The first-order chi connectivity index (χ1) is 10.7. The molecule has 128 valence electrons. The van der Waals surface area contributed by atoms with Crippen LogP contribution >= 0.6 is 11.8 Å². The zero-order valence-corrected chi connectivity index (χ0v) is 15.0. The maximum atomic E-state index is 11.1. The number of fused-ring (bicyclic) bond motifs is 2. The van der Waals surface area contributed by atoms with Gasteiger partial charge in [0.15, 0.2) is 0 Å². The fourth-order valence-electron chi connectivity index (χ4n) is 3.91. The van der Waals surface area contributed by atoms with Crippen molar-refractivity contribution in [2.24, 2.45) is 22.7 Å². The number of hydrogen-bond acceptors (Lipinski definition) is 5. The van der Waals surface area contributed by atoms with Crippen LogP contribution in [0.15, 0.2) is 12.2 Å². The molecular weight excluding hydrogens is 314 g/mol. The quantitative estimate of drug-likeness (QED) is 0.479. The summed E-state index contributed by atoms with van der Waals surface area (Å²) in [6.07, 6.45) is 7.56. The molecule has 0 aliphatic heterocycles. The average Bonchev–Trinajstić information content (AvgIpc) is 2.84. The van der Waals surface area contributed by atoms with Gasteiger partial charge in [0.05, 0.1) is 7.11 Å². The number of carbonyl (C=O) groups excluding carboxylic acids is 1. The Labute approximate surface area is 142 Å². The van der Waals surface area contributed by atoms with Gasteiger partial charge in [-0.3, -0.25) is 4.79 Å². The number of aliphatic carboxylic acids is 1. The molecule has 0 saturated heterocycles. The Morgan fingerprint density at radius 1 is 1.43 bits per heavy atom. The Hall–Kier alpha value is -1.48. The van der Waals surface area contributed by atoms with Crippen LogP contribution in [0.25, 0.3) is 0 Å². The predicted octanol–water partition coefficient (Wildman–Crippen LogP) is 3.46. The van der Waals surface area contributed by atoms with Crippen LogP contribution in [0.5, 0.6) is 0 Å². The SMILES string of the molecule is COC(=O)C=CC1C[C@H]2CC[C@@]1(C)C2(C)C.N#CSCC(=O)O. The Kier molecular flexibility index (Phi) is 6.69. The van der Waals surface area contributed by atoms with Gasteiger partial charge in [-0.1, -0.05) is 26.8 Å². The second-order valence-corrected chi connectivity index (χ2v) is 7.63. The maximum Gasteiger partial charge on any atom is 0.330 e. The third kappa shape index (κ3) is 4.29. The van der Waals surface area contributed by atoms with Crippen LogP contribution < -0.4 is 0 Å². The molecule has 0 spiro atoms. The minimum Gasteiger partial charge on any atom is -0.481 e. The molecule has 1 N–H and O–H groups in total. The zero-order valence-electron chi connectivity index (χ0n) is 14.2. The fraction of sp³-hybridized carbons (Fsp3) is 0.706. The molecule has 0 heterocycles. The normalized spacial score (nSPS) is 30.4. The topological polar surface area (TPSA) is 87.4 Å². The number of ether oxygens (including phenoxy) is 1. The minimum atomic E-state index is -0.952. The van der Waals surface area contributed by atoms with E-state index >= 15 is 0 Å². The number of nitriles is 1. The first kappa shape index (κ1) is 19.6. The molecule has 2 fully saturated rings. The lowest BCUT2D eigenvalue weighted by molar-refractivity contribution is -0.135. The Morgan fingerprint density at radius 2 is 2.09 bits per heavy atom. The van der Waals surface area contributed by atoms with Gasteiger partial charge in [0.25, 0.3) is 0 Å². The summed E-state index contributed by atoms with van der Waals surface area (Å²) in [7, 11) is 1.43. The number of rotatable bonds is 4. The summed E-state index contributed by atoms with van der Waals surface area (Å²) < 4.78 is 4.65. The van der Waals surface area contributed by atoms with Crippen molar-refractivity contribution < 1.29 is 19.4 Å². The van der Waals surface area contributed by atoms with Crippen molar-refractivity contribution in [3.63, 3.8) is 0 Å². The Bertz CT molecular complexity index is 523. The lowest BCUT2D eigenvalue weighted by atomic mass is 9.67. The van der Waals surface area contributed by atoms with Gasteiger partial charge in [0, 0.05) is 6.08 Å². The number of carbonyl (C=O) groups is 2. The summed E-state index contributed by atoms with van der Waals surface area (Å²) >= 11 is 0.722. The molecule has 23 heavy (non-hydrogen) atoms. The second-order valence-electron chi connectivity index (χ2n) is 6.87. The Morgan fingerprint density at radius 3 is 2.43 bits per heavy atom. The second kappa shape index (κ2) is 7.87. The molecule has 2 saturated carbocycles. The summed E-state index contributed by atoms with van der Waals surface area (Å²) in [5, 5.41) is 17.3. The predicted molar refractivity (Wildman–Crippen MR) is 89.6 cm³/mol. The van der Waals surface area contributed by atoms with E-state index in [-0.39, 0.29) is 11.7 Å². The molecule has 6 heteroatoms. The minimum absolute atomic E-state index is 0.128. The third-order valence-corrected chi connectivity index (χ3v) is 6.31.